The molecule has 106 valence electrons. The van der Waals surface area contributed by atoms with E-state index in [1.54, 1.807) is 0 Å². The van der Waals surface area contributed by atoms with E-state index in [2.05, 4.69) is 36.0 Å². The molecule has 18 heavy (non-hydrogen) atoms. The number of nitrogens with one attached hydrogen (secondary N) is 1. The van der Waals surface area contributed by atoms with Crippen LogP contribution in [0.25, 0.3) is 0 Å². The Morgan fingerprint density at radius 2 is 1.94 bits per heavy atom. The third kappa shape index (κ3) is 3.67. The Morgan fingerprint density at radius 3 is 2.61 bits per heavy atom. The van der Waals surface area contributed by atoms with Crippen LogP contribution in [-0.4, -0.2) is 74.9 Å². The lowest BCUT2D eigenvalue weighted by atomic mass is 9.96. The second-order valence-corrected chi connectivity index (χ2v) is 6.34. The summed E-state index contributed by atoms with van der Waals surface area (Å²) in [5.41, 5.74) is 0.369. The second-order valence-electron chi connectivity index (χ2n) is 6.34. The highest BCUT2D eigenvalue weighted by atomic mass is 16.5. The predicted octanol–water partition coefficient (Wildman–Crippen LogP) is 0.639. The number of hydrogen-bond acceptors (Lipinski definition) is 4. The lowest BCUT2D eigenvalue weighted by Gasteiger charge is -2.34. The van der Waals surface area contributed by atoms with Gasteiger partial charge in [-0.15, -0.1) is 0 Å². The monoisotopic (exact) mass is 255 g/mol. The van der Waals surface area contributed by atoms with Crippen LogP contribution in [0, 0.1) is 5.92 Å². The van der Waals surface area contributed by atoms with Crippen molar-refractivity contribution >= 4 is 0 Å². The number of morpholine rings is 1. The molecule has 4 nitrogen and oxygen atoms in total. The van der Waals surface area contributed by atoms with Gasteiger partial charge in [-0.2, -0.15) is 0 Å². The zero-order valence-corrected chi connectivity index (χ0v) is 12.2. The van der Waals surface area contributed by atoms with Crippen LogP contribution in [0.15, 0.2) is 0 Å². The van der Waals surface area contributed by atoms with Crippen LogP contribution in [0.1, 0.15) is 20.3 Å². The molecule has 0 saturated carbocycles. The molecular formula is C14H29N3O. The molecule has 2 saturated heterocycles. The van der Waals surface area contributed by atoms with Gasteiger partial charge in [0.2, 0.25) is 0 Å². The number of rotatable bonds is 5. The minimum absolute atomic E-state index is 0.369. The minimum Gasteiger partial charge on any atom is -0.379 e. The third-order valence-electron chi connectivity index (χ3n) is 4.41. The van der Waals surface area contributed by atoms with Gasteiger partial charge in [-0.1, -0.05) is 0 Å². The summed E-state index contributed by atoms with van der Waals surface area (Å²) < 4.78 is 5.40. The van der Waals surface area contributed by atoms with Crippen LogP contribution in [0.5, 0.6) is 0 Å². The van der Waals surface area contributed by atoms with E-state index in [1.165, 1.54) is 26.1 Å². The van der Waals surface area contributed by atoms with Crippen molar-refractivity contribution in [2.45, 2.75) is 25.8 Å². The van der Waals surface area contributed by atoms with Gasteiger partial charge in [0.05, 0.1) is 13.2 Å². The van der Waals surface area contributed by atoms with Crippen molar-refractivity contribution in [3.63, 3.8) is 0 Å². The highest BCUT2D eigenvalue weighted by Gasteiger charge is 2.37. The molecule has 0 aliphatic carbocycles. The van der Waals surface area contributed by atoms with E-state index in [9.17, 15) is 0 Å². The summed E-state index contributed by atoms with van der Waals surface area (Å²) in [6.45, 7) is 13.6. The fourth-order valence-electron chi connectivity index (χ4n) is 3.37. The van der Waals surface area contributed by atoms with Gasteiger partial charge >= 0.3 is 0 Å². The zero-order valence-electron chi connectivity index (χ0n) is 12.2. The Kier molecular flexibility index (Phi) is 5.01. The summed E-state index contributed by atoms with van der Waals surface area (Å²) in [5, 5.41) is 3.32. The summed E-state index contributed by atoms with van der Waals surface area (Å²) in [5.74, 6) is 0.815. The normalized spacial score (nSPS) is 29.8. The zero-order chi connectivity index (χ0) is 13.0. The number of ether oxygens (including phenoxy) is 1. The number of hydrogen-bond donors (Lipinski definition) is 1. The first-order valence-corrected chi connectivity index (χ1v) is 7.31. The van der Waals surface area contributed by atoms with E-state index in [0.29, 0.717) is 5.54 Å². The largest absolute Gasteiger partial charge is 0.379 e. The molecule has 0 spiro atoms. The number of nitrogens with zero attached hydrogens (tertiary/aromatic N) is 2. The second kappa shape index (κ2) is 6.33. The summed E-state index contributed by atoms with van der Waals surface area (Å²) in [7, 11) is 2.06. The smallest absolute Gasteiger partial charge is 0.0594 e. The Hall–Kier alpha value is -0.160. The van der Waals surface area contributed by atoms with Crippen molar-refractivity contribution in [3.05, 3.63) is 0 Å². The van der Waals surface area contributed by atoms with Gasteiger partial charge in [0.15, 0.2) is 0 Å². The van der Waals surface area contributed by atoms with Crippen LogP contribution < -0.4 is 5.32 Å². The van der Waals surface area contributed by atoms with Crippen LogP contribution >= 0.6 is 0 Å². The van der Waals surface area contributed by atoms with Gasteiger partial charge in [-0.3, -0.25) is 9.80 Å². The highest BCUT2D eigenvalue weighted by molar-refractivity contribution is 4.93. The third-order valence-corrected chi connectivity index (χ3v) is 4.41. The van der Waals surface area contributed by atoms with Crippen LogP contribution in [0.4, 0.5) is 0 Å². The van der Waals surface area contributed by atoms with Gasteiger partial charge in [-0.25, -0.2) is 0 Å². The fourth-order valence-corrected chi connectivity index (χ4v) is 3.37. The van der Waals surface area contributed by atoms with Gasteiger partial charge in [0, 0.05) is 38.3 Å². The molecule has 1 atom stereocenters. The summed E-state index contributed by atoms with van der Waals surface area (Å²) in [4.78, 5) is 5.20. The van der Waals surface area contributed by atoms with Crippen LogP contribution in [0.3, 0.4) is 0 Å². The maximum Gasteiger partial charge on any atom is 0.0594 e. The van der Waals surface area contributed by atoms with E-state index in [4.69, 9.17) is 4.74 Å². The molecule has 4 heteroatoms. The van der Waals surface area contributed by atoms with Gasteiger partial charge in [0.25, 0.3) is 0 Å². The summed E-state index contributed by atoms with van der Waals surface area (Å²) >= 11 is 0. The molecule has 1 unspecified atom stereocenters. The molecule has 2 aliphatic rings. The Bertz CT molecular complexity index is 251. The highest BCUT2D eigenvalue weighted by Crippen LogP contribution is 2.31. The Labute approximate surface area is 112 Å². The molecule has 0 aromatic rings. The maximum absolute atomic E-state index is 5.40. The standard InChI is InChI=1S/C14H29N3O/c1-14(2)10-13(11-15-3)12-17(14)5-4-16-6-8-18-9-7-16/h13,15H,4-12H2,1-3H3. The first-order valence-electron chi connectivity index (χ1n) is 7.31. The van der Waals surface area contributed by atoms with Gasteiger partial charge in [-0.05, 0) is 39.8 Å². The van der Waals surface area contributed by atoms with E-state index in [1.807, 2.05) is 0 Å². The Morgan fingerprint density at radius 1 is 1.22 bits per heavy atom. The average Bonchev–Trinajstić information content (AvgIpc) is 2.63. The molecular weight excluding hydrogens is 226 g/mol. The first kappa shape index (κ1) is 14.3. The SMILES string of the molecule is CNCC1CN(CCN2CCOCC2)C(C)(C)C1. The van der Waals surface area contributed by atoms with Crippen molar-refractivity contribution in [1.82, 2.24) is 15.1 Å². The van der Waals surface area contributed by atoms with E-state index in [0.717, 1.165) is 38.8 Å². The predicted molar refractivity (Wildman–Crippen MR) is 74.9 cm³/mol. The first-order chi connectivity index (χ1) is 8.62. The topological polar surface area (TPSA) is 27.7 Å². The maximum atomic E-state index is 5.40. The lowest BCUT2D eigenvalue weighted by molar-refractivity contribution is 0.0296. The average molecular weight is 255 g/mol. The van der Waals surface area contributed by atoms with E-state index in [-0.39, 0.29) is 0 Å². The molecule has 2 heterocycles. The van der Waals surface area contributed by atoms with E-state index < -0.39 is 0 Å². The quantitative estimate of drug-likeness (QED) is 0.780. The molecule has 0 amide bonds. The molecule has 2 rings (SSSR count). The summed E-state index contributed by atoms with van der Waals surface area (Å²) in [6, 6.07) is 0. The van der Waals surface area contributed by atoms with Crippen molar-refractivity contribution in [2.75, 3.05) is 59.5 Å². The molecule has 2 aliphatic heterocycles. The van der Waals surface area contributed by atoms with Crippen LogP contribution in [0.2, 0.25) is 0 Å². The summed E-state index contributed by atoms with van der Waals surface area (Å²) in [6.07, 6.45) is 1.32. The molecule has 0 radical (unpaired) electrons. The minimum atomic E-state index is 0.369. The number of likely N-dealkylation sites (tertiary alicyclic amines) is 1. The van der Waals surface area contributed by atoms with Gasteiger partial charge in [0.1, 0.15) is 0 Å². The molecule has 0 aromatic carbocycles. The fraction of sp³-hybridized carbons (Fsp3) is 1.00. The van der Waals surface area contributed by atoms with Crippen LogP contribution in [-0.2, 0) is 4.74 Å². The van der Waals surface area contributed by atoms with Gasteiger partial charge < -0.3 is 10.1 Å². The van der Waals surface area contributed by atoms with Crippen molar-refractivity contribution < 1.29 is 4.74 Å². The van der Waals surface area contributed by atoms with Crippen molar-refractivity contribution in [1.29, 1.82) is 0 Å². The Balaban J connectivity index is 1.77. The lowest BCUT2D eigenvalue weighted by Crippen LogP contribution is -2.45. The molecule has 0 bridgehead atoms. The van der Waals surface area contributed by atoms with Crippen molar-refractivity contribution in [2.24, 2.45) is 5.92 Å². The molecule has 0 aromatic heterocycles. The molecule has 1 N–H and O–H groups in total. The molecule has 2 fully saturated rings. The van der Waals surface area contributed by atoms with Crippen molar-refractivity contribution in [3.8, 4) is 0 Å². The van der Waals surface area contributed by atoms with E-state index >= 15 is 0 Å².